The number of nitrogens with two attached hydrogens (primary N) is 1. The molecule has 3 N–H and O–H groups in total. The monoisotopic (exact) mass is 259 g/mol. The molecule has 0 radical (unpaired) electrons. The van der Waals surface area contributed by atoms with E-state index in [2.05, 4.69) is 0 Å². The Morgan fingerprint density at radius 3 is 2.50 bits per heavy atom. The number of hydrogen-bond donors (Lipinski definition) is 2. The molecule has 1 rings (SSSR count). The Morgan fingerprint density at radius 2 is 2.00 bits per heavy atom. The van der Waals surface area contributed by atoms with Gasteiger partial charge in [-0.2, -0.15) is 9.98 Å². The van der Waals surface area contributed by atoms with Crippen molar-refractivity contribution in [3.8, 4) is 6.07 Å². The van der Waals surface area contributed by atoms with Crippen LogP contribution in [0.4, 0.5) is 0 Å². The number of sulfonamides is 1. The van der Waals surface area contributed by atoms with E-state index in [9.17, 15) is 8.42 Å². The molecule has 0 heterocycles. The van der Waals surface area contributed by atoms with Crippen molar-refractivity contribution in [2.45, 2.75) is 16.4 Å². The molecule has 0 aliphatic rings. The summed E-state index contributed by atoms with van der Waals surface area (Å²) in [7, 11) is -3.80. The number of nitrogens with zero attached hydrogens (tertiary/aromatic N) is 1. The Bertz CT molecular complexity index is 493. The van der Waals surface area contributed by atoms with Gasteiger partial charge in [0.25, 0.3) is 0 Å². The van der Waals surface area contributed by atoms with Crippen molar-refractivity contribution in [2.75, 3.05) is 0 Å². The fourth-order valence-electron chi connectivity index (χ4n) is 1.03. The Labute approximate surface area is 98.9 Å². The van der Waals surface area contributed by atoms with Gasteiger partial charge in [0, 0.05) is 0 Å². The summed E-state index contributed by atoms with van der Waals surface area (Å²) in [4.78, 5) is 0.0448. The van der Waals surface area contributed by atoms with E-state index < -0.39 is 15.1 Å². The van der Waals surface area contributed by atoms with Gasteiger partial charge in [0.15, 0.2) is 5.12 Å². The summed E-state index contributed by atoms with van der Waals surface area (Å²) in [6.45, 7) is 0. The summed E-state index contributed by atoms with van der Waals surface area (Å²) >= 11 is 5.64. The molecule has 0 amide bonds. The van der Waals surface area contributed by atoms with Crippen LogP contribution in [-0.2, 0) is 10.0 Å². The Morgan fingerprint density at radius 1 is 1.44 bits per heavy atom. The van der Waals surface area contributed by atoms with Gasteiger partial charge < -0.3 is 0 Å². The van der Waals surface area contributed by atoms with Gasteiger partial charge in [0.05, 0.1) is 17.4 Å². The van der Waals surface area contributed by atoms with E-state index in [-0.39, 0.29) is 11.3 Å². The summed E-state index contributed by atoms with van der Waals surface area (Å²) in [6, 6.07) is 9.34. The highest BCUT2D eigenvalue weighted by molar-refractivity contribution is 7.89. The number of nitrogens with one attached hydrogen (secondary N) is 1. The summed E-state index contributed by atoms with van der Waals surface area (Å²) in [5.41, 5.74) is 5.40. The zero-order valence-electron chi connectivity index (χ0n) is 8.22. The highest BCUT2D eigenvalue weighted by Crippen LogP contribution is 2.14. The lowest BCUT2D eigenvalue weighted by Gasteiger charge is -2.20. The average Bonchev–Trinajstić information content (AvgIpc) is 2.17. The minimum absolute atomic E-state index is 0.0448. The molecule has 0 bridgehead atoms. The molecule has 86 valence electrons. The SMILES string of the molecule is N#CCC(N)(Cl)NS(=O)(=O)c1ccccc1. The van der Waals surface area contributed by atoms with Gasteiger partial charge in [0.2, 0.25) is 10.0 Å². The third kappa shape index (κ3) is 3.47. The molecular weight excluding hydrogens is 250 g/mol. The van der Waals surface area contributed by atoms with Gasteiger partial charge >= 0.3 is 0 Å². The second-order valence-corrected chi connectivity index (χ2v) is 5.47. The van der Waals surface area contributed by atoms with Crippen LogP contribution in [-0.4, -0.2) is 13.5 Å². The maximum absolute atomic E-state index is 11.7. The number of rotatable bonds is 4. The van der Waals surface area contributed by atoms with Crippen LogP contribution in [0.3, 0.4) is 0 Å². The number of alkyl halides is 1. The van der Waals surface area contributed by atoms with Crippen molar-refractivity contribution in [3.63, 3.8) is 0 Å². The topological polar surface area (TPSA) is 96.0 Å². The normalized spacial score (nSPS) is 15.1. The number of nitriles is 1. The molecule has 1 aromatic rings. The Kier molecular flexibility index (Phi) is 3.88. The van der Waals surface area contributed by atoms with E-state index in [0.717, 1.165) is 0 Å². The van der Waals surface area contributed by atoms with Crippen LogP contribution in [0.5, 0.6) is 0 Å². The summed E-state index contributed by atoms with van der Waals surface area (Å²) in [5, 5.41) is 6.63. The minimum atomic E-state index is -3.80. The largest absolute Gasteiger partial charge is 0.299 e. The van der Waals surface area contributed by atoms with Crippen molar-refractivity contribution in [1.29, 1.82) is 5.26 Å². The quantitative estimate of drug-likeness (QED) is 0.473. The third-order valence-electron chi connectivity index (χ3n) is 1.69. The van der Waals surface area contributed by atoms with Crippen LogP contribution in [0.15, 0.2) is 35.2 Å². The zero-order valence-corrected chi connectivity index (χ0v) is 9.79. The summed E-state index contributed by atoms with van der Waals surface area (Å²) in [5.74, 6) is 0. The molecular formula is C9H10ClN3O2S. The van der Waals surface area contributed by atoms with E-state index in [1.54, 1.807) is 24.3 Å². The highest BCUT2D eigenvalue weighted by atomic mass is 35.5. The lowest BCUT2D eigenvalue weighted by Crippen LogP contribution is -2.50. The van der Waals surface area contributed by atoms with Crippen LogP contribution in [0.1, 0.15) is 6.42 Å². The molecule has 0 aliphatic heterocycles. The maximum Gasteiger partial charge on any atom is 0.243 e. The van der Waals surface area contributed by atoms with Crippen LogP contribution in [0.2, 0.25) is 0 Å². The average molecular weight is 260 g/mol. The molecule has 16 heavy (non-hydrogen) atoms. The second-order valence-electron chi connectivity index (χ2n) is 3.12. The van der Waals surface area contributed by atoms with E-state index in [1.165, 1.54) is 12.1 Å². The molecule has 0 fully saturated rings. The molecule has 0 spiro atoms. The number of halogens is 1. The molecule has 0 aromatic heterocycles. The number of benzene rings is 1. The first-order valence-electron chi connectivity index (χ1n) is 4.31. The Balaban J connectivity index is 2.94. The van der Waals surface area contributed by atoms with Crippen molar-refractivity contribution in [3.05, 3.63) is 30.3 Å². The van der Waals surface area contributed by atoms with Gasteiger partial charge in [-0.1, -0.05) is 29.8 Å². The molecule has 0 saturated heterocycles. The first kappa shape index (κ1) is 12.9. The molecule has 0 aliphatic carbocycles. The van der Waals surface area contributed by atoms with Crippen molar-refractivity contribution >= 4 is 21.6 Å². The molecule has 1 atom stereocenters. The van der Waals surface area contributed by atoms with E-state index >= 15 is 0 Å². The minimum Gasteiger partial charge on any atom is -0.299 e. The van der Waals surface area contributed by atoms with Crippen molar-refractivity contribution < 1.29 is 8.42 Å². The predicted molar refractivity (Wildman–Crippen MR) is 59.8 cm³/mol. The molecule has 0 saturated carbocycles. The Hall–Kier alpha value is -1.13. The zero-order chi connectivity index (χ0) is 12.2. The number of hydrogen-bond acceptors (Lipinski definition) is 4. The fourth-order valence-corrected chi connectivity index (χ4v) is 2.55. The fraction of sp³-hybridized carbons (Fsp3) is 0.222. The molecule has 1 aromatic carbocycles. The summed E-state index contributed by atoms with van der Waals surface area (Å²) in [6.07, 6.45) is -0.333. The van der Waals surface area contributed by atoms with Gasteiger partial charge in [-0.25, -0.2) is 8.42 Å². The van der Waals surface area contributed by atoms with Crippen LogP contribution in [0.25, 0.3) is 0 Å². The van der Waals surface area contributed by atoms with Gasteiger partial charge in [-0.05, 0) is 12.1 Å². The van der Waals surface area contributed by atoms with E-state index in [4.69, 9.17) is 22.6 Å². The van der Waals surface area contributed by atoms with E-state index in [1.807, 2.05) is 4.72 Å². The predicted octanol–water partition coefficient (Wildman–Crippen LogP) is 0.730. The lowest BCUT2D eigenvalue weighted by molar-refractivity contribution is 0.529. The van der Waals surface area contributed by atoms with Crippen LogP contribution >= 0.6 is 11.6 Å². The molecule has 7 heteroatoms. The van der Waals surface area contributed by atoms with Gasteiger partial charge in [-0.3, -0.25) is 5.73 Å². The van der Waals surface area contributed by atoms with Crippen molar-refractivity contribution in [1.82, 2.24) is 4.72 Å². The van der Waals surface area contributed by atoms with Crippen LogP contribution in [0, 0.1) is 11.3 Å². The molecule has 5 nitrogen and oxygen atoms in total. The smallest absolute Gasteiger partial charge is 0.243 e. The van der Waals surface area contributed by atoms with Gasteiger partial charge in [-0.15, -0.1) is 0 Å². The van der Waals surface area contributed by atoms with E-state index in [0.29, 0.717) is 0 Å². The third-order valence-corrected chi connectivity index (χ3v) is 3.56. The standard InChI is InChI=1S/C9H10ClN3O2S/c10-9(12,6-7-11)13-16(14,15)8-4-2-1-3-5-8/h1-5,13H,6,12H2. The van der Waals surface area contributed by atoms with Crippen LogP contribution < -0.4 is 10.5 Å². The second kappa shape index (κ2) is 4.80. The van der Waals surface area contributed by atoms with Crippen molar-refractivity contribution in [2.24, 2.45) is 5.73 Å². The highest BCUT2D eigenvalue weighted by Gasteiger charge is 2.28. The van der Waals surface area contributed by atoms with Gasteiger partial charge in [0.1, 0.15) is 0 Å². The first-order chi connectivity index (χ1) is 7.37. The molecule has 1 unspecified atom stereocenters. The lowest BCUT2D eigenvalue weighted by atomic mass is 10.4. The maximum atomic E-state index is 11.7. The summed E-state index contributed by atoms with van der Waals surface area (Å²) < 4.78 is 25.5. The first-order valence-corrected chi connectivity index (χ1v) is 6.17.